The van der Waals surface area contributed by atoms with Gasteiger partial charge in [-0.15, -0.1) is 0 Å². The third-order valence-corrected chi connectivity index (χ3v) is 3.23. The molecule has 2 heteroatoms. The molecular weight excluding hydrogens is 224 g/mol. The molecule has 0 aliphatic rings. The highest BCUT2D eigenvalue weighted by molar-refractivity contribution is 5.73. The molecule has 0 aliphatic carbocycles. The minimum atomic E-state index is 0.275. The van der Waals surface area contributed by atoms with Crippen LogP contribution in [0.25, 0.3) is 11.1 Å². The Morgan fingerprint density at radius 1 is 0.722 bits per heavy atom. The van der Waals surface area contributed by atoms with Crippen LogP contribution in [-0.4, -0.2) is 10.2 Å². The van der Waals surface area contributed by atoms with E-state index in [0.29, 0.717) is 0 Å². The van der Waals surface area contributed by atoms with Crippen molar-refractivity contribution in [3.8, 4) is 22.6 Å². The van der Waals surface area contributed by atoms with Crippen molar-refractivity contribution in [3.05, 3.63) is 47.5 Å². The van der Waals surface area contributed by atoms with Gasteiger partial charge in [0.25, 0.3) is 0 Å². The Labute approximate surface area is 108 Å². The largest absolute Gasteiger partial charge is 0.508 e. The van der Waals surface area contributed by atoms with Crippen molar-refractivity contribution in [3.63, 3.8) is 0 Å². The molecule has 2 nitrogen and oxygen atoms in total. The Kier molecular flexibility index (Phi) is 3.56. The van der Waals surface area contributed by atoms with Crippen LogP contribution in [0.5, 0.6) is 11.5 Å². The van der Waals surface area contributed by atoms with Gasteiger partial charge in [0.1, 0.15) is 11.5 Å². The molecule has 0 fully saturated rings. The van der Waals surface area contributed by atoms with E-state index in [-0.39, 0.29) is 11.5 Å². The highest BCUT2D eigenvalue weighted by atomic mass is 16.3. The Balaban J connectivity index is 2.64. The van der Waals surface area contributed by atoms with E-state index in [1.54, 1.807) is 24.3 Å². The second-order valence-electron chi connectivity index (χ2n) is 4.39. The van der Waals surface area contributed by atoms with Gasteiger partial charge in [0.15, 0.2) is 0 Å². The number of aromatic hydroxyl groups is 2. The monoisotopic (exact) mass is 242 g/mol. The van der Waals surface area contributed by atoms with Crippen LogP contribution in [0.15, 0.2) is 36.4 Å². The van der Waals surface area contributed by atoms with E-state index in [1.807, 2.05) is 12.1 Å². The average Bonchev–Trinajstić information content (AvgIpc) is 2.38. The molecule has 0 bridgehead atoms. The number of aryl methyl sites for hydroxylation is 2. The number of hydrogen-bond acceptors (Lipinski definition) is 2. The van der Waals surface area contributed by atoms with Crippen LogP contribution in [-0.2, 0) is 12.8 Å². The summed E-state index contributed by atoms with van der Waals surface area (Å²) in [5.41, 5.74) is 4.43. The van der Waals surface area contributed by atoms with Gasteiger partial charge in [0, 0.05) is 0 Å². The van der Waals surface area contributed by atoms with E-state index in [9.17, 15) is 10.2 Å². The predicted molar refractivity (Wildman–Crippen MR) is 74.0 cm³/mol. The minimum Gasteiger partial charge on any atom is -0.508 e. The molecule has 0 aromatic heterocycles. The zero-order valence-electron chi connectivity index (χ0n) is 10.8. The maximum Gasteiger partial charge on any atom is 0.116 e. The molecule has 0 spiro atoms. The average molecular weight is 242 g/mol. The lowest BCUT2D eigenvalue weighted by atomic mass is 9.93. The van der Waals surface area contributed by atoms with Crippen LogP contribution in [0.1, 0.15) is 25.0 Å². The van der Waals surface area contributed by atoms with Crippen LogP contribution < -0.4 is 0 Å². The van der Waals surface area contributed by atoms with Crippen LogP contribution in [0.4, 0.5) is 0 Å². The molecule has 0 aliphatic heterocycles. The molecule has 94 valence electrons. The number of phenolic OH excluding ortho intramolecular Hbond substituents is 2. The van der Waals surface area contributed by atoms with Crippen molar-refractivity contribution in [2.75, 3.05) is 0 Å². The normalized spacial score (nSPS) is 10.6. The zero-order chi connectivity index (χ0) is 13.1. The summed E-state index contributed by atoms with van der Waals surface area (Å²) >= 11 is 0. The highest BCUT2D eigenvalue weighted by Gasteiger charge is 2.09. The molecule has 0 radical (unpaired) electrons. The van der Waals surface area contributed by atoms with E-state index in [2.05, 4.69) is 13.8 Å². The van der Waals surface area contributed by atoms with Gasteiger partial charge in [-0.05, 0) is 59.4 Å². The summed E-state index contributed by atoms with van der Waals surface area (Å²) in [5, 5.41) is 19.2. The second kappa shape index (κ2) is 5.13. The summed E-state index contributed by atoms with van der Waals surface area (Å²) in [5.74, 6) is 0.561. The van der Waals surface area contributed by atoms with Gasteiger partial charge in [0.2, 0.25) is 0 Å². The number of phenols is 2. The standard InChI is InChI=1S/C16H18O2/c1-3-11-5-6-14(18)10-16(11)15-8-7-13(17)9-12(15)4-2/h5-10,17-18H,3-4H2,1-2H3. The van der Waals surface area contributed by atoms with Crippen molar-refractivity contribution in [2.24, 2.45) is 0 Å². The maximum atomic E-state index is 9.66. The molecule has 0 unspecified atom stereocenters. The van der Waals surface area contributed by atoms with Gasteiger partial charge in [0.05, 0.1) is 0 Å². The third kappa shape index (κ3) is 2.33. The van der Waals surface area contributed by atoms with Crippen LogP contribution >= 0.6 is 0 Å². The van der Waals surface area contributed by atoms with Crippen LogP contribution in [0, 0.1) is 0 Å². The van der Waals surface area contributed by atoms with Gasteiger partial charge in [-0.3, -0.25) is 0 Å². The first-order chi connectivity index (χ1) is 8.65. The Morgan fingerprint density at radius 3 is 2.00 bits per heavy atom. The van der Waals surface area contributed by atoms with Crippen molar-refractivity contribution < 1.29 is 10.2 Å². The summed E-state index contributed by atoms with van der Waals surface area (Å²) in [7, 11) is 0. The molecule has 2 aromatic carbocycles. The third-order valence-electron chi connectivity index (χ3n) is 3.23. The first kappa shape index (κ1) is 12.5. The van der Waals surface area contributed by atoms with Crippen molar-refractivity contribution in [1.29, 1.82) is 0 Å². The van der Waals surface area contributed by atoms with Gasteiger partial charge >= 0.3 is 0 Å². The lowest BCUT2D eigenvalue weighted by Gasteiger charge is -2.13. The highest BCUT2D eigenvalue weighted by Crippen LogP contribution is 2.32. The lowest BCUT2D eigenvalue weighted by Crippen LogP contribution is -1.92. The molecule has 2 rings (SSSR count). The van der Waals surface area contributed by atoms with Crippen molar-refractivity contribution in [1.82, 2.24) is 0 Å². The molecular formula is C16H18O2. The number of benzene rings is 2. The number of rotatable bonds is 3. The zero-order valence-corrected chi connectivity index (χ0v) is 10.8. The molecule has 18 heavy (non-hydrogen) atoms. The van der Waals surface area contributed by atoms with E-state index in [1.165, 1.54) is 5.56 Å². The molecule has 0 saturated carbocycles. The fourth-order valence-corrected chi connectivity index (χ4v) is 2.26. The SMILES string of the molecule is CCc1cc(O)ccc1-c1cc(O)ccc1CC. The smallest absolute Gasteiger partial charge is 0.116 e. The summed E-state index contributed by atoms with van der Waals surface area (Å²) in [6.07, 6.45) is 1.77. The quantitative estimate of drug-likeness (QED) is 0.857. The van der Waals surface area contributed by atoms with E-state index < -0.39 is 0 Å². The summed E-state index contributed by atoms with van der Waals surface area (Å²) in [4.78, 5) is 0. The summed E-state index contributed by atoms with van der Waals surface area (Å²) in [6.45, 7) is 4.16. The molecule has 2 aromatic rings. The molecule has 2 N–H and O–H groups in total. The fourth-order valence-electron chi connectivity index (χ4n) is 2.26. The van der Waals surface area contributed by atoms with Crippen molar-refractivity contribution >= 4 is 0 Å². The fraction of sp³-hybridized carbons (Fsp3) is 0.250. The van der Waals surface area contributed by atoms with Gasteiger partial charge in [-0.2, -0.15) is 0 Å². The Bertz CT molecular complexity index is 559. The first-order valence-corrected chi connectivity index (χ1v) is 6.29. The maximum absolute atomic E-state index is 9.66. The van der Waals surface area contributed by atoms with E-state index in [0.717, 1.165) is 29.5 Å². The van der Waals surface area contributed by atoms with Crippen LogP contribution in [0.3, 0.4) is 0 Å². The minimum absolute atomic E-state index is 0.275. The van der Waals surface area contributed by atoms with Gasteiger partial charge in [-0.1, -0.05) is 26.0 Å². The first-order valence-electron chi connectivity index (χ1n) is 6.29. The molecule has 0 amide bonds. The molecule has 0 saturated heterocycles. The number of hydrogen-bond donors (Lipinski definition) is 2. The lowest BCUT2D eigenvalue weighted by molar-refractivity contribution is 0.474. The Morgan fingerprint density at radius 2 is 1.33 bits per heavy atom. The van der Waals surface area contributed by atoms with E-state index in [4.69, 9.17) is 0 Å². The topological polar surface area (TPSA) is 40.5 Å². The van der Waals surface area contributed by atoms with Crippen molar-refractivity contribution in [2.45, 2.75) is 26.7 Å². The molecule has 0 atom stereocenters. The summed E-state index contributed by atoms with van der Waals surface area (Å²) < 4.78 is 0. The van der Waals surface area contributed by atoms with Gasteiger partial charge in [-0.25, -0.2) is 0 Å². The van der Waals surface area contributed by atoms with Crippen LogP contribution in [0.2, 0.25) is 0 Å². The summed E-state index contributed by atoms with van der Waals surface area (Å²) in [6, 6.07) is 10.9. The molecule has 0 heterocycles. The predicted octanol–water partition coefficient (Wildman–Crippen LogP) is 3.89. The second-order valence-corrected chi connectivity index (χ2v) is 4.39. The Hall–Kier alpha value is -1.96. The van der Waals surface area contributed by atoms with E-state index >= 15 is 0 Å². The van der Waals surface area contributed by atoms with Gasteiger partial charge < -0.3 is 10.2 Å².